The number of amides is 1. The Labute approximate surface area is 170 Å². The second kappa shape index (κ2) is 8.57. The SMILES string of the molecule is Cn1cc(C(=O)NCc2cccc(Cl)c2)c(OCc2cccc(C(F)(F)F)c2)n1. The number of aromatic nitrogens is 2. The van der Waals surface area contributed by atoms with Crippen molar-refractivity contribution in [3.63, 3.8) is 0 Å². The summed E-state index contributed by atoms with van der Waals surface area (Å²) >= 11 is 5.93. The van der Waals surface area contributed by atoms with Gasteiger partial charge in [-0.05, 0) is 35.4 Å². The summed E-state index contributed by atoms with van der Waals surface area (Å²) in [5.74, 6) is -0.384. The number of halogens is 4. The summed E-state index contributed by atoms with van der Waals surface area (Å²) in [4.78, 5) is 12.5. The first-order valence-corrected chi connectivity index (χ1v) is 8.95. The Morgan fingerprint density at radius 1 is 1.17 bits per heavy atom. The quantitative estimate of drug-likeness (QED) is 0.630. The Bertz CT molecular complexity index is 1020. The van der Waals surface area contributed by atoms with Gasteiger partial charge in [-0.1, -0.05) is 35.9 Å². The van der Waals surface area contributed by atoms with Gasteiger partial charge < -0.3 is 10.1 Å². The van der Waals surface area contributed by atoms with Crippen LogP contribution in [0.5, 0.6) is 5.88 Å². The summed E-state index contributed by atoms with van der Waals surface area (Å²) < 4.78 is 45.4. The Morgan fingerprint density at radius 2 is 1.90 bits per heavy atom. The topological polar surface area (TPSA) is 56.2 Å². The Kier molecular flexibility index (Phi) is 6.12. The van der Waals surface area contributed by atoms with Crippen molar-refractivity contribution in [2.75, 3.05) is 0 Å². The number of carbonyl (C=O) groups excluding carboxylic acids is 1. The normalized spacial score (nSPS) is 11.3. The molecule has 0 bridgehead atoms. The zero-order chi connectivity index (χ0) is 21.0. The van der Waals surface area contributed by atoms with Crippen LogP contribution in [-0.2, 0) is 26.4 Å². The van der Waals surface area contributed by atoms with Crippen LogP contribution in [0.2, 0.25) is 5.02 Å². The van der Waals surface area contributed by atoms with Crippen molar-refractivity contribution in [2.24, 2.45) is 7.05 Å². The van der Waals surface area contributed by atoms with E-state index in [-0.39, 0.29) is 24.6 Å². The van der Waals surface area contributed by atoms with Crippen molar-refractivity contribution in [3.8, 4) is 5.88 Å². The maximum absolute atomic E-state index is 12.8. The molecule has 0 saturated carbocycles. The minimum Gasteiger partial charge on any atom is -0.471 e. The first-order chi connectivity index (χ1) is 13.7. The van der Waals surface area contributed by atoms with Gasteiger partial charge in [-0.3, -0.25) is 9.48 Å². The van der Waals surface area contributed by atoms with Gasteiger partial charge in [-0.2, -0.15) is 13.2 Å². The fourth-order valence-corrected chi connectivity index (χ4v) is 2.86. The van der Waals surface area contributed by atoms with E-state index >= 15 is 0 Å². The second-order valence-corrected chi connectivity index (χ2v) is 6.76. The molecule has 0 unspecified atom stereocenters. The van der Waals surface area contributed by atoms with Gasteiger partial charge in [0.25, 0.3) is 5.91 Å². The number of hydrogen-bond acceptors (Lipinski definition) is 3. The first kappa shape index (κ1) is 20.7. The molecular formula is C20H17ClF3N3O2. The molecule has 0 radical (unpaired) electrons. The number of ether oxygens (including phenoxy) is 1. The van der Waals surface area contributed by atoms with E-state index in [1.54, 1.807) is 25.2 Å². The van der Waals surface area contributed by atoms with Crippen molar-refractivity contribution in [1.82, 2.24) is 15.1 Å². The maximum atomic E-state index is 12.8. The highest BCUT2D eigenvalue weighted by molar-refractivity contribution is 6.30. The summed E-state index contributed by atoms with van der Waals surface area (Å²) in [6, 6.07) is 11.9. The largest absolute Gasteiger partial charge is 0.471 e. The average molecular weight is 424 g/mol. The highest BCUT2D eigenvalue weighted by Crippen LogP contribution is 2.29. The fraction of sp³-hybridized carbons (Fsp3) is 0.200. The molecule has 152 valence electrons. The number of benzene rings is 2. The lowest BCUT2D eigenvalue weighted by atomic mass is 10.1. The molecule has 0 spiro atoms. The molecule has 1 heterocycles. The molecule has 0 aliphatic carbocycles. The summed E-state index contributed by atoms with van der Waals surface area (Å²) in [6.07, 6.45) is -2.96. The van der Waals surface area contributed by atoms with Gasteiger partial charge >= 0.3 is 6.18 Å². The molecular weight excluding hydrogens is 407 g/mol. The van der Waals surface area contributed by atoms with Crippen molar-refractivity contribution in [3.05, 3.63) is 82.0 Å². The average Bonchev–Trinajstić information content (AvgIpc) is 3.05. The van der Waals surface area contributed by atoms with Crippen LogP contribution in [0.4, 0.5) is 13.2 Å². The highest BCUT2D eigenvalue weighted by atomic mass is 35.5. The number of rotatable bonds is 6. The van der Waals surface area contributed by atoms with E-state index in [2.05, 4.69) is 10.4 Å². The van der Waals surface area contributed by atoms with Crippen LogP contribution in [0.25, 0.3) is 0 Å². The third kappa shape index (κ3) is 5.51. The fourth-order valence-electron chi connectivity index (χ4n) is 2.64. The van der Waals surface area contributed by atoms with E-state index in [9.17, 15) is 18.0 Å². The van der Waals surface area contributed by atoms with Gasteiger partial charge in [0.1, 0.15) is 12.2 Å². The molecule has 2 aromatic carbocycles. The van der Waals surface area contributed by atoms with Crippen LogP contribution < -0.4 is 10.1 Å². The standard InChI is InChI=1S/C20H17ClF3N3O2/c1-27-11-17(18(28)25-10-13-4-3-7-16(21)9-13)19(26-27)29-12-14-5-2-6-15(8-14)20(22,23)24/h2-9,11H,10,12H2,1H3,(H,25,28). The van der Waals surface area contributed by atoms with E-state index in [0.717, 1.165) is 17.7 Å². The van der Waals surface area contributed by atoms with Gasteiger partial charge in [0.15, 0.2) is 0 Å². The number of carbonyl (C=O) groups is 1. The van der Waals surface area contributed by atoms with Crippen LogP contribution in [-0.4, -0.2) is 15.7 Å². The van der Waals surface area contributed by atoms with E-state index < -0.39 is 17.6 Å². The zero-order valence-corrected chi connectivity index (χ0v) is 16.1. The van der Waals surface area contributed by atoms with Crippen LogP contribution >= 0.6 is 11.6 Å². The molecule has 1 N–H and O–H groups in total. The van der Waals surface area contributed by atoms with E-state index in [1.165, 1.54) is 23.0 Å². The molecule has 29 heavy (non-hydrogen) atoms. The molecule has 0 aliphatic heterocycles. The Hall–Kier alpha value is -3.00. The Balaban J connectivity index is 1.68. The number of nitrogens with one attached hydrogen (secondary N) is 1. The molecule has 3 rings (SSSR count). The lowest BCUT2D eigenvalue weighted by Gasteiger charge is -2.10. The molecule has 3 aromatic rings. The van der Waals surface area contributed by atoms with Crippen molar-refractivity contribution in [2.45, 2.75) is 19.3 Å². The summed E-state index contributed by atoms with van der Waals surface area (Å²) in [7, 11) is 1.62. The monoisotopic (exact) mass is 423 g/mol. The highest BCUT2D eigenvalue weighted by Gasteiger charge is 2.30. The number of alkyl halides is 3. The van der Waals surface area contributed by atoms with Crippen LogP contribution in [0.15, 0.2) is 54.7 Å². The van der Waals surface area contributed by atoms with Gasteiger partial charge in [-0.25, -0.2) is 0 Å². The number of hydrogen-bond donors (Lipinski definition) is 1. The predicted molar refractivity (Wildman–Crippen MR) is 102 cm³/mol. The molecule has 1 amide bonds. The van der Waals surface area contributed by atoms with Crippen LogP contribution in [0, 0.1) is 0 Å². The maximum Gasteiger partial charge on any atom is 0.416 e. The molecule has 0 aliphatic rings. The van der Waals surface area contributed by atoms with Crippen LogP contribution in [0.3, 0.4) is 0 Å². The predicted octanol–water partition coefficient (Wildman–Crippen LogP) is 4.60. The van der Waals surface area contributed by atoms with Crippen molar-refractivity contribution in [1.29, 1.82) is 0 Å². The summed E-state index contributed by atoms with van der Waals surface area (Å²) in [5, 5.41) is 7.38. The van der Waals surface area contributed by atoms with Crippen molar-refractivity contribution >= 4 is 17.5 Å². The van der Waals surface area contributed by atoms with Gasteiger partial charge in [0.2, 0.25) is 5.88 Å². The van der Waals surface area contributed by atoms with Gasteiger partial charge in [0, 0.05) is 24.8 Å². The second-order valence-electron chi connectivity index (χ2n) is 6.32. The van der Waals surface area contributed by atoms with Gasteiger partial charge in [0.05, 0.1) is 5.56 Å². The van der Waals surface area contributed by atoms with E-state index in [1.807, 2.05) is 6.07 Å². The van der Waals surface area contributed by atoms with Gasteiger partial charge in [-0.15, -0.1) is 5.10 Å². The number of nitrogens with zero attached hydrogens (tertiary/aromatic N) is 2. The molecule has 9 heteroatoms. The molecule has 1 aromatic heterocycles. The lowest BCUT2D eigenvalue weighted by molar-refractivity contribution is -0.137. The smallest absolute Gasteiger partial charge is 0.416 e. The molecule has 0 atom stereocenters. The first-order valence-electron chi connectivity index (χ1n) is 8.57. The summed E-state index contributed by atoms with van der Waals surface area (Å²) in [5.41, 5.74) is 0.553. The molecule has 0 saturated heterocycles. The third-order valence-corrected chi connectivity index (χ3v) is 4.25. The minimum atomic E-state index is -4.44. The van der Waals surface area contributed by atoms with Crippen molar-refractivity contribution < 1.29 is 22.7 Å². The zero-order valence-electron chi connectivity index (χ0n) is 15.3. The van der Waals surface area contributed by atoms with E-state index in [4.69, 9.17) is 16.3 Å². The van der Waals surface area contributed by atoms with E-state index in [0.29, 0.717) is 10.6 Å². The molecule has 5 nitrogen and oxygen atoms in total. The van der Waals surface area contributed by atoms with Crippen LogP contribution in [0.1, 0.15) is 27.0 Å². The third-order valence-electron chi connectivity index (χ3n) is 4.01. The number of aryl methyl sites for hydroxylation is 1. The minimum absolute atomic E-state index is 0.0357. The Morgan fingerprint density at radius 3 is 2.62 bits per heavy atom. The molecule has 0 fully saturated rings. The summed E-state index contributed by atoms with van der Waals surface area (Å²) in [6.45, 7) is 0.0941. The lowest BCUT2D eigenvalue weighted by Crippen LogP contribution is -2.23.